The highest BCUT2D eigenvalue weighted by molar-refractivity contribution is 7.92. The van der Waals surface area contributed by atoms with Crippen LogP contribution in [0.25, 0.3) is 0 Å². The quantitative estimate of drug-likeness (QED) is 0.510. The summed E-state index contributed by atoms with van der Waals surface area (Å²) >= 11 is 0. The number of rotatable bonds is 6. The van der Waals surface area contributed by atoms with Gasteiger partial charge >= 0.3 is 0 Å². The summed E-state index contributed by atoms with van der Waals surface area (Å²) in [5, 5.41) is 2.74. The molecule has 0 atom stereocenters. The molecule has 0 saturated carbocycles. The van der Waals surface area contributed by atoms with Crippen molar-refractivity contribution in [1.29, 1.82) is 0 Å². The van der Waals surface area contributed by atoms with Crippen LogP contribution in [0.3, 0.4) is 0 Å². The molecule has 2 amide bonds. The lowest BCUT2D eigenvalue weighted by Crippen LogP contribution is -2.16. The van der Waals surface area contributed by atoms with Crippen LogP contribution in [-0.4, -0.2) is 33.4 Å². The average Bonchev–Trinajstić information content (AvgIpc) is 3.04. The summed E-state index contributed by atoms with van der Waals surface area (Å²) in [6.45, 7) is 1.08. The molecule has 33 heavy (non-hydrogen) atoms. The molecular formula is C23H21N3O6S. The van der Waals surface area contributed by atoms with Gasteiger partial charge in [0.25, 0.3) is 15.9 Å². The predicted octanol–water partition coefficient (Wildman–Crippen LogP) is 3.00. The fraction of sp³-hybridized carbons (Fsp3) is 0.130. The van der Waals surface area contributed by atoms with Crippen LogP contribution in [0.4, 0.5) is 11.4 Å². The lowest BCUT2D eigenvalue weighted by Gasteiger charge is -2.12. The predicted molar refractivity (Wildman–Crippen MR) is 122 cm³/mol. The van der Waals surface area contributed by atoms with E-state index < -0.39 is 21.8 Å². The second-order valence-electron chi connectivity index (χ2n) is 7.24. The Balaban J connectivity index is 1.50. The Morgan fingerprint density at radius 3 is 2.24 bits per heavy atom. The van der Waals surface area contributed by atoms with E-state index in [0.717, 1.165) is 6.42 Å². The lowest BCUT2D eigenvalue weighted by molar-refractivity contribution is 0.0997. The van der Waals surface area contributed by atoms with Crippen LogP contribution in [0, 0.1) is 0 Å². The Bertz CT molecular complexity index is 1310. The molecule has 1 heterocycles. The topological polar surface area (TPSA) is 137 Å². The number of benzene rings is 3. The molecule has 4 N–H and O–H groups in total. The molecule has 1 aliphatic rings. The van der Waals surface area contributed by atoms with Crippen molar-refractivity contribution in [1.82, 2.24) is 0 Å². The van der Waals surface area contributed by atoms with Gasteiger partial charge in [-0.05, 0) is 54.6 Å². The summed E-state index contributed by atoms with van der Waals surface area (Å²) in [7, 11) is -3.97. The maximum Gasteiger partial charge on any atom is 0.261 e. The molecule has 9 nitrogen and oxygen atoms in total. The molecule has 170 valence electrons. The van der Waals surface area contributed by atoms with Gasteiger partial charge in [0.1, 0.15) is 0 Å². The zero-order chi connectivity index (χ0) is 23.4. The van der Waals surface area contributed by atoms with Crippen molar-refractivity contribution in [3.05, 3.63) is 77.9 Å². The summed E-state index contributed by atoms with van der Waals surface area (Å²) in [5.41, 5.74) is 6.35. The number of carbonyl (C=O) groups is 2. The molecular weight excluding hydrogens is 446 g/mol. The number of primary amides is 1. The van der Waals surface area contributed by atoms with Crippen LogP contribution in [0.2, 0.25) is 0 Å². The molecule has 0 fully saturated rings. The molecule has 0 unspecified atom stereocenters. The highest BCUT2D eigenvalue weighted by Crippen LogP contribution is 2.32. The van der Waals surface area contributed by atoms with Gasteiger partial charge in [-0.1, -0.05) is 6.07 Å². The van der Waals surface area contributed by atoms with Gasteiger partial charge in [0.2, 0.25) is 5.91 Å². The van der Waals surface area contributed by atoms with Crippen molar-refractivity contribution in [2.45, 2.75) is 11.3 Å². The Kier molecular flexibility index (Phi) is 6.18. The Labute approximate surface area is 190 Å². The van der Waals surface area contributed by atoms with Crippen LogP contribution in [0.15, 0.2) is 71.6 Å². The Morgan fingerprint density at radius 1 is 0.818 bits per heavy atom. The summed E-state index contributed by atoms with van der Waals surface area (Å²) in [6.07, 6.45) is 0.765. The van der Waals surface area contributed by atoms with E-state index in [9.17, 15) is 18.0 Å². The standard InChI is InChI=1S/C23H21N3O6S/c24-22(27)15-5-7-17(8-6-15)26-33(29,30)19-4-1-3-16(13-19)23(28)25-18-9-10-20-21(14-18)32-12-2-11-31-20/h1,3-10,13-14,26H,2,11-12H2,(H2,24,27)(H,25,28). The number of ether oxygens (including phenoxy) is 2. The molecule has 3 aromatic carbocycles. The number of sulfonamides is 1. The maximum absolute atomic E-state index is 12.8. The highest BCUT2D eigenvalue weighted by Gasteiger charge is 2.18. The summed E-state index contributed by atoms with van der Waals surface area (Å²) in [6, 6.07) is 16.4. The van der Waals surface area contributed by atoms with Crippen molar-refractivity contribution >= 4 is 33.2 Å². The van der Waals surface area contributed by atoms with Crippen LogP contribution in [0.5, 0.6) is 11.5 Å². The number of hydrogen-bond acceptors (Lipinski definition) is 6. The van der Waals surface area contributed by atoms with Crippen molar-refractivity contribution < 1.29 is 27.5 Å². The van der Waals surface area contributed by atoms with Gasteiger partial charge in [-0.25, -0.2) is 8.42 Å². The fourth-order valence-electron chi connectivity index (χ4n) is 3.17. The maximum atomic E-state index is 12.8. The van der Waals surface area contributed by atoms with Gasteiger partial charge in [0.05, 0.1) is 18.1 Å². The molecule has 1 aliphatic heterocycles. The third-order valence-electron chi connectivity index (χ3n) is 4.83. The number of hydrogen-bond donors (Lipinski definition) is 3. The largest absolute Gasteiger partial charge is 0.490 e. The van der Waals surface area contributed by atoms with Crippen LogP contribution >= 0.6 is 0 Å². The monoisotopic (exact) mass is 467 g/mol. The minimum atomic E-state index is -3.97. The number of nitrogens with one attached hydrogen (secondary N) is 2. The second kappa shape index (κ2) is 9.21. The van der Waals surface area contributed by atoms with Gasteiger partial charge in [-0.3, -0.25) is 14.3 Å². The molecule has 0 bridgehead atoms. The van der Waals surface area contributed by atoms with Gasteiger partial charge in [0, 0.05) is 35.0 Å². The number of nitrogens with two attached hydrogens (primary N) is 1. The third-order valence-corrected chi connectivity index (χ3v) is 6.21. The summed E-state index contributed by atoms with van der Waals surface area (Å²) in [4.78, 5) is 23.8. The zero-order valence-electron chi connectivity index (χ0n) is 17.4. The number of anilines is 2. The normalized spacial score (nSPS) is 13.0. The van der Waals surface area contributed by atoms with Crippen LogP contribution in [-0.2, 0) is 10.0 Å². The van der Waals surface area contributed by atoms with Crippen molar-refractivity contribution in [3.63, 3.8) is 0 Å². The molecule has 0 spiro atoms. The van der Waals surface area contributed by atoms with E-state index >= 15 is 0 Å². The number of carbonyl (C=O) groups excluding carboxylic acids is 2. The minimum Gasteiger partial charge on any atom is -0.490 e. The summed E-state index contributed by atoms with van der Waals surface area (Å²) in [5.74, 6) is 0.0470. The van der Waals surface area contributed by atoms with Crippen molar-refractivity contribution in [2.75, 3.05) is 23.3 Å². The van der Waals surface area contributed by atoms with Gasteiger partial charge in [-0.2, -0.15) is 0 Å². The van der Waals surface area contributed by atoms with E-state index in [0.29, 0.717) is 30.4 Å². The molecule has 0 aliphatic carbocycles. The zero-order valence-corrected chi connectivity index (χ0v) is 18.2. The molecule has 0 aromatic heterocycles. The van der Waals surface area contributed by atoms with Crippen LogP contribution < -0.4 is 25.2 Å². The van der Waals surface area contributed by atoms with Crippen molar-refractivity contribution in [3.8, 4) is 11.5 Å². The van der Waals surface area contributed by atoms with Crippen molar-refractivity contribution in [2.24, 2.45) is 5.73 Å². The molecule has 3 aromatic rings. The van der Waals surface area contributed by atoms with Gasteiger partial charge in [-0.15, -0.1) is 0 Å². The van der Waals surface area contributed by atoms with Crippen LogP contribution in [0.1, 0.15) is 27.1 Å². The van der Waals surface area contributed by atoms with E-state index in [1.807, 2.05) is 0 Å². The number of amides is 2. The summed E-state index contributed by atoms with van der Waals surface area (Å²) < 4.78 is 39.2. The lowest BCUT2D eigenvalue weighted by atomic mass is 10.2. The minimum absolute atomic E-state index is 0.0900. The van der Waals surface area contributed by atoms with E-state index in [1.165, 1.54) is 48.5 Å². The SMILES string of the molecule is NC(=O)c1ccc(NS(=O)(=O)c2cccc(C(=O)Nc3ccc4c(c3)OCCCO4)c2)cc1. The first-order chi connectivity index (χ1) is 15.8. The third kappa shape index (κ3) is 5.24. The average molecular weight is 468 g/mol. The fourth-order valence-corrected chi connectivity index (χ4v) is 4.27. The second-order valence-corrected chi connectivity index (χ2v) is 8.92. The Hall–Kier alpha value is -4.05. The Morgan fingerprint density at radius 2 is 1.52 bits per heavy atom. The van der Waals surface area contributed by atoms with Gasteiger partial charge in [0.15, 0.2) is 11.5 Å². The van der Waals surface area contributed by atoms with Gasteiger partial charge < -0.3 is 20.5 Å². The van der Waals surface area contributed by atoms with E-state index in [1.54, 1.807) is 18.2 Å². The first-order valence-corrected chi connectivity index (χ1v) is 11.5. The number of fused-ring (bicyclic) bond motifs is 1. The molecule has 10 heteroatoms. The molecule has 0 radical (unpaired) electrons. The smallest absolute Gasteiger partial charge is 0.261 e. The molecule has 0 saturated heterocycles. The highest BCUT2D eigenvalue weighted by atomic mass is 32.2. The van der Waals surface area contributed by atoms with E-state index in [-0.39, 0.29) is 21.7 Å². The first kappa shape index (κ1) is 22.2. The molecule has 4 rings (SSSR count). The van der Waals surface area contributed by atoms with E-state index in [2.05, 4.69) is 10.0 Å². The van der Waals surface area contributed by atoms with E-state index in [4.69, 9.17) is 15.2 Å². The first-order valence-electron chi connectivity index (χ1n) is 10.1.